The van der Waals surface area contributed by atoms with Crippen LogP contribution in [0.2, 0.25) is 0 Å². The van der Waals surface area contributed by atoms with E-state index in [0.717, 1.165) is 22.5 Å². The SMILES string of the molecule is Cc1nn(C)c(C)c1/C=C/C(=O)N(Cc1ccccc1)C(C)C. The summed E-state index contributed by atoms with van der Waals surface area (Å²) in [6.45, 7) is 8.66. The minimum absolute atomic E-state index is 0.0199. The maximum atomic E-state index is 12.6. The number of rotatable bonds is 5. The number of aromatic nitrogens is 2. The van der Waals surface area contributed by atoms with E-state index >= 15 is 0 Å². The Bertz CT molecular complexity index is 699. The summed E-state index contributed by atoms with van der Waals surface area (Å²) < 4.78 is 1.84. The highest BCUT2D eigenvalue weighted by Crippen LogP contribution is 2.15. The Balaban J connectivity index is 2.17. The highest BCUT2D eigenvalue weighted by molar-refractivity contribution is 5.92. The standard InChI is InChI=1S/C19H25N3O/c1-14(2)22(13-17-9-7-6-8-10-17)19(23)12-11-18-15(3)20-21(5)16(18)4/h6-12,14H,13H2,1-5H3/b12-11+. The van der Waals surface area contributed by atoms with Crippen LogP contribution in [0.15, 0.2) is 36.4 Å². The number of aryl methyl sites for hydroxylation is 2. The van der Waals surface area contributed by atoms with Crippen molar-refractivity contribution in [3.05, 3.63) is 58.9 Å². The molecule has 1 aromatic carbocycles. The molecule has 0 fully saturated rings. The molecule has 0 aliphatic rings. The van der Waals surface area contributed by atoms with Gasteiger partial charge in [0.15, 0.2) is 0 Å². The van der Waals surface area contributed by atoms with Gasteiger partial charge in [-0.1, -0.05) is 30.3 Å². The van der Waals surface area contributed by atoms with Gasteiger partial charge in [0.2, 0.25) is 5.91 Å². The van der Waals surface area contributed by atoms with Crippen molar-refractivity contribution >= 4 is 12.0 Å². The maximum Gasteiger partial charge on any atom is 0.247 e. The molecule has 1 amide bonds. The van der Waals surface area contributed by atoms with Crippen molar-refractivity contribution < 1.29 is 4.79 Å². The summed E-state index contributed by atoms with van der Waals surface area (Å²) >= 11 is 0. The van der Waals surface area contributed by atoms with E-state index in [1.807, 2.05) is 80.7 Å². The molecule has 2 rings (SSSR count). The lowest BCUT2D eigenvalue weighted by atomic mass is 10.1. The molecule has 1 heterocycles. The zero-order chi connectivity index (χ0) is 17.0. The van der Waals surface area contributed by atoms with Crippen LogP contribution in [-0.2, 0) is 18.4 Å². The first kappa shape index (κ1) is 17.0. The Labute approximate surface area is 138 Å². The molecule has 0 spiro atoms. The Morgan fingerprint density at radius 3 is 2.43 bits per heavy atom. The zero-order valence-corrected chi connectivity index (χ0v) is 14.6. The van der Waals surface area contributed by atoms with Crippen molar-refractivity contribution in [1.29, 1.82) is 0 Å². The van der Waals surface area contributed by atoms with E-state index in [-0.39, 0.29) is 11.9 Å². The molecule has 0 bridgehead atoms. The summed E-state index contributed by atoms with van der Waals surface area (Å²) in [7, 11) is 1.91. The molecule has 0 aliphatic carbocycles. The Morgan fingerprint density at radius 2 is 1.91 bits per heavy atom. The number of carbonyl (C=O) groups is 1. The molecule has 4 heteroatoms. The van der Waals surface area contributed by atoms with Gasteiger partial charge in [-0.25, -0.2) is 0 Å². The van der Waals surface area contributed by atoms with Gasteiger partial charge in [-0.05, 0) is 39.3 Å². The van der Waals surface area contributed by atoms with E-state index in [2.05, 4.69) is 5.10 Å². The molecule has 0 saturated carbocycles. The Morgan fingerprint density at radius 1 is 1.26 bits per heavy atom. The maximum absolute atomic E-state index is 12.6. The van der Waals surface area contributed by atoms with Gasteiger partial charge in [0.05, 0.1) is 5.69 Å². The van der Waals surface area contributed by atoms with Gasteiger partial charge < -0.3 is 4.90 Å². The van der Waals surface area contributed by atoms with Crippen molar-refractivity contribution in [3.8, 4) is 0 Å². The number of hydrogen-bond donors (Lipinski definition) is 0. The topological polar surface area (TPSA) is 38.1 Å². The summed E-state index contributed by atoms with van der Waals surface area (Å²) in [5.74, 6) is 0.0199. The molecule has 0 atom stereocenters. The first-order valence-corrected chi connectivity index (χ1v) is 7.93. The van der Waals surface area contributed by atoms with Crippen LogP contribution >= 0.6 is 0 Å². The van der Waals surface area contributed by atoms with Gasteiger partial charge in [0.25, 0.3) is 0 Å². The van der Waals surface area contributed by atoms with E-state index in [1.54, 1.807) is 6.08 Å². The zero-order valence-electron chi connectivity index (χ0n) is 14.6. The lowest BCUT2D eigenvalue weighted by Gasteiger charge is -2.25. The van der Waals surface area contributed by atoms with E-state index in [1.165, 1.54) is 0 Å². The summed E-state index contributed by atoms with van der Waals surface area (Å²) in [4.78, 5) is 14.5. The van der Waals surface area contributed by atoms with Gasteiger partial charge in [-0.15, -0.1) is 0 Å². The summed E-state index contributed by atoms with van der Waals surface area (Å²) in [5, 5.41) is 4.38. The quantitative estimate of drug-likeness (QED) is 0.793. The molecule has 0 aliphatic heterocycles. The third kappa shape index (κ3) is 4.09. The van der Waals surface area contributed by atoms with Crippen LogP contribution in [0.4, 0.5) is 0 Å². The molecule has 23 heavy (non-hydrogen) atoms. The average molecular weight is 311 g/mol. The Hall–Kier alpha value is -2.36. The van der Waals surface area contributed by atoms with Crippen molar-refractivity contribution in [2.75, 3.05) is 0 Å². The van der Waals surface area contributed by atoms with Crippen LogP contribution in [0.25, 0.3) is 6.08 Å². The van der Waals surface area contributed by atoms with Crippen LogP contribution in [0.1, 0.15) is 36.4 Å². The Kier molecular flexibility index (Phi) is 5.37. The summed E-state index contributed by atoms with van der Waals surface area (Å²) in [6.07, 6.45) is 3.53. The van der Waals surface area contributed by atoms with Crippen molar-refractivity contribution in [1.82, 2.24) is 14.7 Å². The van der Waals surface area contributed by atoms with E-state index in [9.17, 15) is 4.79 Å². The second kappa shape index (κ2) is 7.27. The molecule has 1 aromatic heterocycles. The van der Waals surface area contributed by atoms with Crippen LogP contribution in [0, 0.1) is 13.8 Å². The lowest BCUT2D eigenvalue weighted by molar-refractivity contribution is -0.128. The predicted molar refractivity (Wildman–Crippen MR) is 93.8 cm³/mol. The number of hydrogen-bond acceptors (Lipinski definition) is 2. The molecular formula is C19H25N3O. The van der Waals surface area contributed by atoms with E-state index in [0.29, 0.717) is 6.54 Å². The van der Waals surface area contributed by atoms with Gasteiger partial charge in [-0.2, -0.15) is 5.10 Å². The average Bonchev–Trinajstić information content (AvgIpc) is 2.76. The third-order valence-electron chi connectivity index (χ3n) is 4.06. The fourth-order valence-electron chi connectivity index (χ4n) is 2.58. The fourth-order valence-corrected chi connectivity index (χ4v) is 2.58. The van der Waals surface area contributed by atoms with E-state index < -0.39 is 0 Å². The third-order valence-corrected chi connectivity index (χ3v) is 4.06. The molecule has 0 saturated heterocycles. The molecule has 0 N–H and O–H groups in total. The summed E-state index contributed by atoms with van der Waals surface area (Å²) in [6, 6.07) is 10.2. The number of carbonyl (C=O) groups excluding carboxylic acids is 1. The van der Waals surface area contributed by atoms with Crippen LogP contribution in [0.3, 0.4) is 0 Å². The van der Waals surface area contributed by atoms with Gasteiger partial charge in [0, 0.05) is 37.0 Å². The normalized spacial score (nSPS) is 11.4. The van der Waals surface area contributed by atoms with Gasteiger partial charge >= 0.3 is 0 Å². The molecule has 0 radical (unpaired) electrons. The molecule has 122 valence electrons. The van der Waals surface area contributed by atoms with Crippen molar-refractivity contribution in [2.45, 2.75) is 40.3 Å². The molecule has 2 aromatic rings. The number of benzene rings is 1. The second-order valence-corrected chi connectivity index (χ2v) is 6.09. The van der Waals surface area contributed by atoms with E-state index in [4.69, 9.17) is 0 Å². The number of amides is 1. The highest BCUT2D eigenvalue weighted by Gasteiger charge is 2.15. The van der Waals surface area contributed by atoms with Gasteiger partial charge in [0.1, 0.15) is 0 Å². The monoisotopic (exact) mass is 311 g/mol. The first-order chi connectivity index (χ1) is 10.9. The van der Waals surface area contributed by atoms with Crippen LogP contribution < -0.4 is 0 Å². The largest absolute Gasteiger partial charge is 0.332 e. The van der Waals surface area contributed by atoms with Crippen LogP contribution in [0.5, 0.6) is 0 Å². The fraction of sp³-hybridized carbons (Fsp3) is 0.368. The lowest BCUT2D eigenvalue weighted by Crippen LogP contribution is -2.35. The second-order valence-electron chi connectivity index (χ2n) is 6.09. The predicted octanol–water partition coefficient (Wildman–Crippen LogP) is 3.49. The minimum Gasteiger partial charge on any atom is -0.332 e. The molecule has 4 nitrogen and oxygen atoms in total. The molecule has 0 unspecified atom stereocenters. The molecular weight excluding hydrogens is 286 g/mol. The van der Waals surface area contributed by atoms with Crippen molar-refractivity contribution in [3.63, 3.8) is 0 Å². The van der Waals surface area contributed by atoms with Crippen molar-refractivity contribution in [2.24, 2.45) is 7.05 Å². The number of nitrogens with zero attached hydrogens (tertiary/aromatic N) is 3. The smallest absolute Gasteiger partial charge is 0.247 e. The first-order valence-electron chi connectivity index (χ1n) is 7.93. The highest BCUT2D eigenvalue weighted by atomic mass is 16.2. The summed E-state index contributed by atoms with van der Waals surface area (Å²) in [5.41, 5.74) is 4.15. The van der Waals surface area contributed by atoms with Gasteiger partial charge in [-0.3, -0.25) is 9.48 Å². The minimum atomic E-state index is 0.0199. The van der Waals surface area contributed by atoms with Crippen LogP contribution in [-0.4, -0.2) is 26.6 Å².